The normalized spacial score (nSPS) is 13.3. The number of piperazine rings is 4. The zero-order valence-electron chi connectivity index (χ0n) is 81.6. The molecule has 12 aromatic rings. The molecule has 3 aromatic heterocycles. The Labute approximate surface area is 837 Å². The summed E-state index contributed by atoms with van der Waals surface area (Å²) >= 11 is 6.58. The van der Waals surface area contributed by atoms with Crippen molar-refractivity contribution in [3.05, 3.63) is 296 Å². The van der Waals surface area contributed by atoms with Gasteiger partial charge in [-0.25, -0.2) is 19.3 Å². The van der Waals surface area contributed by atoms with E-state index in [1.165, 1.54) is 36.1 Å². The highest BCUT2D eigenvalue weighted by atomic mass is 35.5. The minimum Gasteiger partial charge on any atom is -0.494 e. The first-order valence-electron chi connectivity index (χ1n) is 46.8. The predicted octanol–water partition coefficient (Wildman–Crippen LogP) is 18.7. The third-order valence-electron chi connectivity index (χ3n) is 23.9. The van der Waals surface area contributed by atoms with Gasteiger partial charge in [-0.3, -0.25) is 33.6 Å². The number of rotatable bonds is 30. The highest BCUT2D eigenvalue weighted by Crippen LogP contribution is 2.38. The van der Waals surface area contributed by atoms with Crippen LogP contribution < -0.4 is 88.1 Å². The molecule has 4 fully saturated rings. The second kappa shape index (κ2) is 50.1. The molecule has 12 N–H and O–H groups in total. The molecule has 4 saturated heterocycles. The van der Waals surface area contributed by atoms with E-state index >= 15 is 0 Å². The van der Waals surface area contributed by atoms with Gasteiger partial charge in [0.1, 0.15) is 29.0 Å². The van der Waals surface area contributed by atoms with E-state index in [-0.39, 0.29) is 53.0 Å². The maximum absolute atomic E-state index is 14.9. The average molecular weight is 1950 g/mol. The zero-order chi connectivity index (χ0) is 102. The molecule has 0 aliphatic carbocycles. The van der Waals surface area contributed by atoms with Crippen molar-refractivity contribution in [2.24, 2.45) is 0 Å². The highest BCUT2D eigenvalue weighted by Gasteiger charge is 2.26. The van der Waals surface area contributed by atoms with E-state index in [1.54, 1.807) is 87.8 Å². The molecule has 0 bridgehead atoms. The monoisotopic (exact) mass is 1950 g/mol. The molecule has 7 heterocycles. The molecule has 36 heteroatoms. The Kier molecular flexibility index (Phi) is 36.2. The number of nitrogens with zero attached hydrogens (tertiary/aromatic N) is 14. The van der Waals surface area contributed by atoms with Gasteiger partial charge in [0.25, 0.3) is 0 Å². The van der Waals surface area contributed by atoms with Gasteiger partial charge in [-0.1, -0.05) is 75.2 Å². The Morgan fingerprint density at radius 3 is 1.04 bits per heavy atom. The van der Waals surface area contributed by atoms with Gasteiger partial charge in [0.05, 0.1) is 29.2 Å². The number of anilines is 24. The molecular formula is C107H120ClFN26O8. The first kappa shape index (κ1) is 103. The van der Waals surface area contributed by atoms with Crippen LogP contribution >= 0.6 is 11.6 Å². The molecule has 740 valence electrons. The fourth-order valence-electron chi connectivity index (χ4n) is 15.8. The third kappa shape index (κ3) is 29.8. The smallest absolute Gasteiger partial charge is 0.247 e. The topological polar surface area (TPSA) is 376 Å². The first-order chi connectivity index (χ1) is 69.0. The summed E-state index contributed by atoms with van der Waals surface area (Å²) < 4.78 is 20.7. The van der Waals surface area contributed by atoms with E-state index in [4.69, 9.17) is 16.3 Å². The molecule has 0 unspecified atom stereocenters. The van der Waals surface area contributed by atoms with Gasteiger partial charge in [-0.05, 0) is 222 Å². The summed E-state index contributed by atoms with van der Waals surface area (Å²) in [4.78, 5) is 125. The number of hydrogen-bond donors (Lipinski definition) is 12. The number of likely N-dealkylation sites (N-methyl/N-ethyl adjacent to an activating group) is 1. The van der Waals surface area contributed by atoms with Crippen LogP contribution in [0.2, 0.25) is 5.02 Å². The molecular weight excluding hydrogens is 1830 g/mol. The van der Waals surface area contributed by atoms with Crippen molar-refractivity contribution >= 4 is 191 Å². The number of aryl methyl sites for hydroxylation is 4. The van der Waals surface area contributed by atoms with Crippen molar-refractivity contribution in [1.82, 2.24) is 49.5 Å². The highest BCUT2D eigenvalue weighted by molar-refractivity contribution is 6.33. The van der Waals surface area contributed by atoms with Crippen molar-refractivity contribution in [3.63, 3.8) is 0 Å². The Morgan fingerprint density at radius 1 is 0.343 bits per heavy atom. The largest absolute Gasteiger partial charge is 0.494 e. The van der Waals surface area contributed by atoms with Crippen LogP contribution in [0.15, 0.2) is 263 Å². The summed E-state index contributed by atoms with van der Waals surface area (Å²) in [5.74, 6) is 2.51. The third-order valence-corrected chi connectivity index (χ3v) is 24.2. The second-order valence-electron chi connectivity index (χ2n) is 34.0. The molecule has 7 amide bonds. The average Bonchev–Trinajstić information content (AvgIpc) is 0.820. The Hall–Kier alpha value is -17.0. The van der Waals surface area contributed by atoms with Crippen LogP contribution in [-0.2, 0) is 33.6 Å². The first-order valence-corrected chi connectivity index (χ1v) is 47.2. The number of methoxy groups -OCH3 is 1. The van der Waals surface area contributed by atoms with Crippen LogP contribution in [-0.4, -0.2) is 209 Å². The number of benzene rings is 9. The number of aromatic nitrogens is 6. The van der Waals surface area contributed by atoms with Gasteiger partial charge in [0.15, 0.2) is 0 Å². The zero-order valence-corrected chi connectivity index (χ0v) is 82.4. The Balaban J connectivity index is 0.000000160. The van der Waals surface area contributed by atoms with Crippen molar-refractivity contribution in [2.75, 3.05) is 202 Å². The molecule has 4 aliphatic heterocycles. The van der Waals surface area contributed by atoms with E-state index in [2.05, 4.69) is 207 Å². The number of halogens is 2. The van der Waals surface area contributed by atoms with Crippen LogP contribution in [0.25, 0.3) is 0 Å². The molecule has 0 saturated carbocycles. The van der Waals surface area contributed by atoms with Crippen LogP contribution in [0.3, 0.4) is 0 Å². The minimum atomic E-state index is -0.425. The lowest BCUT2D eigenvalue weighted by Gasteiger charge is -2.35. The van der Waals surface area contributed by atoms with E-state index in [0.29, 0.717) is 108 Å². The van der Waals surface area contributed by atoms with Gasteiger partial charge >= 0.3 is 0 Å². The van der Waals surface area contributed by atoms with Crippen molar-refractivity contribution in [3.8, 4) is 5.75 Å². The molecule has 0 spiro atoms. The number of ether oxygens (including phenoxy) is 1. The Bertz CT molecular complexity index is 6380. The van der Waals surface area contributed by atoms with Crippen molar-refractivity contribution < 1.29 is 42.7 Å². The number of carbonyl (C=O) groups excluding carboxylic acids is 7. The van der Waals surface area contributed by atoms with Crippen molar-refractivity contribution in [1.29, 1.82) is 0 Å². The molecule has 0 atom stereocenters. The van der Waals surface area contributed by atoms with Gasteiger partial charge < -0.3 is 108 Å². The minimum absolute atomic E-state index is 0.0551. The molecule has 4 aliphatic rings. The number of amides is 7. The summed E-state index contributed by atoms with van der Waals surface area (Å²) in [6, 6.07) is 60.9. The van der Waals surface area contributed by atoms with E-state index < -0.39 is 5.82 Å². The number of hydrogen-bond acceptors (Lipinski definition) is 27. The lowest BCUT2D eigenvalue weighted by molar-refractivity contribution is -0.129. The van der Waals surface area contributed by atoms with Crippen LogP contribution in [0.5, 0.6) is 5.75 Å². The van der Waals surface area contributed by atoms with E-state index in [1.807, 2.05) is 134 Å². The maximum Gasteiger partial charge on any atom is 0.247 e. The second-order valence-corrected chi connectivity index (χ2v) is 34.4. The molecule has 16 rings (SSSR count). The summed E-state index contributed by atoms with van der Waals surface area (Å²) in [6.45, 7) is 42.5. The summed E-state index contributed by atoms with van der Waals surface area (Å²) in [5.41, 5.74) is 18.1. The maximum atomic E-state index is 14.9. The number of carbonyl (C=O) groups is 7. The predicted molar refractivity (Wildman–Crippen MR) is 574 cm³/mol. The SMILES string of the molecule is C=CC(=O)Nc1cccc(Nc2cc(Nc3ccc(N4CCN(CC)CC4)cc3OC)ccc2C)c1.C=CC(=O)Nc1cccc(Nc2nc(Nc3ccc(N4CCN(C(C)=O)CC4)cc3)ncc2C)c1.C=CC(=O)Nc1cccc(Nc2nc(Nc3ccc(N4CCN(C(C)=O)CC4)cc3Cl)ncc2C)c1.C=CC(=O)Nc1cccc(Nc2nc(Nc3ccc(N4CCN(C(C)=O)CC4)cc3F)ncc2C)c1. The summed E-state index contributed by atoms with van der Waals surface area (Å²) in [5, 5.41) is 37.7. The lowest BCUT2D eigenvalue weighted by Crippen LogP contribution is -2.48. The standard InChI is InChI=1S/C29H35N5O2.C26H28ClN7O2.C26H28FN7O2.C26H29N7O2/c1-5-29(35)32-23-9-7-8-22(18-23)31-27-19-24(11-10-21(27)3)30-26-13-12-25(20-28(26)36-4)34-16-14-33(6-2)15-17-34;2*1-4-24(36)29-19-6-5-7-20(14-19)30-25-17(2)16-28-26(32-25)31-23-9-8-21(15-22(23)27)34-12-10-33(11-13-34)18(3)35;1-4-24(35)28-21-6-5-7-22(16-21)29-25-18(2)17-27-26(31-25)30-20-8-10-23(11-9-20)33-14-12-32(13-15-33)19(3)34/h5,7-13,18-20,30-31H,1,6,14-17H2,2-4H3,(H,32,35);2*4-9,14-16H,1,10-13H2,2-3H3,(H,29,36)(H2,28,30,31,32);4-11,16-17H,1,12-15H2,2-3H3,(H,28,35)(H2,27,29,30,31). The summed E-state index contributed by atoms with van der Waals surface area (Å²) in [7, 11) is 1.71. The molecule has 0 radical (unpaired) electrons. The van der Waals surface area contributed by atoms with Crippen molar-refractivity contribution in [2.45, 2.75) is 55.4 Å². The van der Waals surface area contributed by atoms with E-state index in [0.717, 1.165) is 157 Å². The molecule has 9 aromatic carbocycles. The van der Waals surface area contributed by atoms with Crippen LogP contribution in [0.1, 0.15) is 49.9 Å². The quantitative estimate of drug-likeness (QED) is 0.0186. The molecule has 34 nitrogen and oxygen atoms in total. The van der Waals surface area contributed by atoms with Crippen LogP contribution in [0.4, 0.5) is 142 Å². The van der Waals surface area contributed by atoms with Gasteiger partial charge in [-0.15, -0.1) is 0 Å². The van der Waals surface area contributed by atoms with Gasteiger partial charge in [0.2, 0.25) is 59.2 Å². The fraction of sp³-hybridized carbons (Fsp3) is 0.243. The van der Waals surface area contributed by atoms with Crippen LogP contribution in [0, 0.1) is 33.5 Å². The van der Waals surface area contributed by atoms with E-state index in [9.17, 15) is 38.0 Å². The van der Waals surface area contributed by atoms with Gasteiger partial charge in [-0.2, -0.15) is 15.0 Å². The fourth-order valence-corrected chi connectivity index (χ4v) is 16.0. The Morgan fingerprint density at radius 2 is 0.664 bits per heavy atom. The summed E-state index contributed by atoms with van der Waals surface area (Å²) in [6.07, 6.45) is 10.0. The molecule has 143 heavy (non-hydrogen) atoms. The van der Waals surface area contributed by atoms with Gasteiger partial charge in [0, 0.05) is 252 Å². The number of nitrogens with one attached hydrogen (secondary N) is 12. The lowest BCUT2D eigenvalue weighted by atomic mass is 10.1.